The molecule has 0 unspecified atom stereocenters. The first-order chi connectivity index (χ1) is 10.4. The van der Waals surface area contributed by atoms with Gasteiger partial charge in [0, 0.05) is 0 Å². The molecule has 116 valence electrons. The van der Waals surface area contributed by atoms with Crippen molar-refractivity contribution in [1.29, 1.82) is 5.26 Å². The Labute approximate surface area is 123 Å². The van der Waals surface area contributed by atoms with Gasteiger partial charge in [0.15, 0.2) is 0 Å². The monoisotopic (exact) mass is 312 g/mol. The van der Waals surface area contributed by atoms with Crippen molar-refractivity contribution in [3.63, 3.8) is 0 Å². The average Bonchev–Trinajstić information content (AvgIpc) is 2.92. The molecule has 1 aromatic heterocycles. The summed E-state index contributed by atoms with van der Waals surface area (Å²) in [5, 5.41) is 22.1. The molecule has 1 N–H and O–H groups in total. The average molecular weight is 312 g/mol. The standard InChI is InChI=1S/C13H11F3N4O2/c14-13(15,16)10-3-1-2-4-11(10)22-7-9(21)6-20-8-18-12(5-17)19-20/h1-4,8-9,21H,6-7H2/t9-/m0/s1. The number of alkyl halides is 3. The Balaban J connectivity index is 1.97. The molecule has 0 amide bonds. The Hall–Kier alpha value is -2.60. The van der Waals surface area contributed by atoms with Crippen molar-refractivity contribution in [2.24, 2.45) is 0 Å². The Bertz CT molecular complexity index is 678. The van der Waals surface area contributed by atoms with Crippen LogP contribution in [0.3, 0.4) is 0 Å². The molecule has 0 aliphatic heterocycles. The summed E-state index contributed by atoms with van der Waals surface area (Å²) in [5.74, 6) is -0.416. The maximum Gasteiger partial charge on any atom is 0.419 e. The second-order valence-electron chi connectivity index (χ2n) is 4.36. The number of benzene rings is 1. The SMILES string of the molecule is N#Cc1ncn(C[C@H](O)COc2ccccc2C(F)(F)F)n1. The largest absolute Gasteiger partial charge is 0.490 e. The van der Waals surface area contributed by atoms with E-state index < -0.39 is 17.8 Å². The third-order valence-corrected chi connectivity index (χ3v) is 2.66. The van der Waals surface area contributed by atoms with Crippen molar-refractivity contribution in [3.8, 4) is 11.8 Å². The van der Waals surface area contributed by atoms with E-state index in [0.717, 1.165) is 6.07 Å². The predicted octanol–water partition coefficient (Wildman–Crippen LogP) is 1.61. The lowest BCUT2D eigenvalue weighted by Crippen LogP contribution is -2.24. The zero-order chi connectivity index (χ0) is 16.2. The van der Waals surface area contributed by atoms with Crippen LogP contribution in [0.4, 0.5) is 13.2 Å². The molecule has 0 aliphatic carbocycles. The zero-order valence-electron chi connectivity index (χ0n) is 11.2. The van der Waals surface area contributed by atoms with E-state index in [1.807, 2.05) is 0 Å². The number of hydrogen-bond donors (Lipinski definition) is 1. The molecular formula is C13H11F3N4O2. The van der Waals surface area contributed by atoms with E-state index in [9.17, 15) is 18.3 Å². The van der Waals surface area contributed by atoms with E-state index in [1.54, 1.807) is 6.07 Å². The van der Waals surface area contributed by atoms with Crippen LogP contribution in [-0.2, 0) is 12.7 Å². The molecule has 6 nitrogen and oxygen atoms in total. The summed E-state index contributed by atoms with van der Waals surface area (Å²) < 4.78 is 44.5. The molecule has 1 aromatic carbocycles. The van der Waals surface area contributed by atoms with Gasteiger partial charge in [0.25, 0.3) is 5.82 Å². The van der Waals surface area contributed by atoms with Gasteiger partial charge in [-0.1, -0.05) is 12.1 Å². The molecule has 2 aromatic rings. The number of hydrogen-bond acceptors (Lipinski definition) is 5. The van der Waals surface area contributed by atoms with Gasteiger partial charge in [-0.3, -0.25) is 0 Å². The maximum absolute atomic E-state index is 12.8. The van der Waals surface area contributed by atoms with E-state index in [0.29, 0.717) is 0 Å². The summed E-state index contributed by atoms with van der Waals surface area (Å²) in [7, 11) is 0. The van der Waals surface area contributed by atoms with Gasteiger partial charge in [-0.05, 0) is 12.1 Å². The molecule has 0 radical (unpaired) electrons. The predicted molar refractivity (Wildman–Crippen MR) is 67.7 cm³/mol. The van der Waals surface area contributed by atoms with Crippen LogP contribution in [0, 0.1) is 11.3 Å². The van der Waals surface area contributed by atoms with Crippen molar-refractivity contribution in [1.82, 2.24) is 14.8 Å². The summed E-state index contributed by atoms with van der Waals surface area (Å²) in [6.07, 6.45) is -4.39. The molecule has 9 heteroatoms. The Morgan fingerprint density at radius 3 is 2.73 bits per heavy atom. The van der Waals surface area contributed by atoms with Gasteiger partial charge in [-0.15, -0.1) is 5.10 Å². The van der Waals surface area contributed by atoms with E-state index in [-0.39, 0.29) is 24.7 Å². The smallest absolute Gasteiger partial charge is 0.419 e. The van der Waals surface area contributed by atoms with Crippen LogP contribution in [0.2, 0.25) is 0 Å². The highest BCUT2D eigenvalue weighted by molar-refractivity contribution is 5.35. The Kier molecular flexibility index (Phi) is 4.62. The van der Waals surface area contributed by atoms with Crippen molar-refractivity contribution in [2.75, 3.05) is 6.61 Å². The number of ether oxygens (including phenoxy) is 1. The van der Waals surface area contributed by atoms with Crippen molar-refractivity contribution < 1.29 is 23.0 Å². The molecular weight excluding hydrogens is 301 g/mol. The Morgan fingerprint density at radius 2 is 2.09 bits per heavy atom. The fourth-order valence-electron chi connectivity index (χ4n) is 1.72. The molecule has 1 heterocycles. The van der Waals surface area contributed by atoms with E-state index in [4.69, 9.17) is 10.00 Å². The molecule has 1 atom stereocenters. The molecule has 0 saturated carbocycles. The fourth-order valence-corrected chi connectivity index (χ4v) is 1.72. The van der Waals surface area contributed by atoms with Crippen LogP contribution in [0.1, 0.15) is 11.4 Å². The van der Waals surface area contributed by atoms with E-state index in [2.05, 4.69) is 10.1 Å². The summed E-state index contributed by atoms with van der Waals surface area (Å²) in [5.41, 5.74) is -0.908. The number of halogens is 3. The summed E-state index contributed by atoms with van der Waals surface area (Å²) >= 11 is 0. The van der Waals surface area contributed by atoms with E-state index >= 15 is 0 Å². The third-order valence-electron chi connectivity index (χ3n) is 2.66. The normalized spacial score (nSPS) is 12.7. The first kappa shape index (κ1) is 15.8. The van der Waals surface area contributed by atoms with Gasteiger partial charge >= 0.3 is 6.18 Å². The number of aliphatic hydroxyl groups is 1. The summed E-state index contributed by atoms with van der Waals surface area (Å²) in [6, 6.07) is 6.47. The highest BCUT2D eigenvalue weighted by atomic mass is 19.4. The van der Waals surface area contributed by atoms with Gasteiger partial charge in [0.05, 0.1) is 12.1 Å². The lowest BCUT2D eigenvalue weighted by atomic mass is 10.2. The second kappa shape index (κ2) is 6.44. The molecule has 0 saturated heterocycles. The molecule has 0 spiro atoms. The lowest BCUT2D eigenvalue weighted by molar-refractivity contribution is -0.139. The van der Waals surface area contributed by atoms with Gasteiger partial charge < -0.3 is 9.84 Å². The molecule has 0 fully saturated rings. The fraction of sp³-hybridized carbons (Fsp3) is 0.308. The highest BCUT2D eigenvalue weighted by Crippen LogP contribution is 2.35. The molecule has 2 rings (SSSR count). The van der Waals surface area contributed by atoms with Crippen molar-refractivity contribution in [2.45, 2.75) is 18.8 Å². The van der Waals surface area contributed by atoms with Gasteiger partial charge in [0.1, 0.15) is 30.9 Å². The number of aromatic nitrogens is 3. The van der Waals surface area contributed by atoms with Gasteiger partial charge in [-0.25, -0.2) is 9.67 Å². The molecule has 0 bridgehead atoms. The zero-order valence-corrected chi connectivity index (χ0v) is 11.2. The topological polar surface area (TPSA) is 84.0 Å². The van der Waals surface area contributed by atoms with Crippen LogP contribution in [0.15, 0.2) is 30.6 Å². The first-order valence-electron chi connectivity index (χ1n) is 6.17. The van der Waals surface area contributed by atoms with Crippen LogP contribution < -0.4 is 4.74 Å². The molecule has 22 heavy (non-hydrogen) atoms. The lowest BCUT2D eigenvalue weighted by Gasteiger charge is -2.16. The maximum atomic E-state index is 12.8. The number of rotatable bonds is 5. The first-order valence-corrected chi connectivity index (χ1v) is 6.17. The highest BCUT2D eigenvalue weighted by Gasteiger charge is 2.34. The Morgan fingerprint density at radius 1 is 1.36 bits per heavy atom. The minimum absolute atomic E-state index is 0.0527. The van der Waals surface area contributed by atoms with Crippen LogP contribution in [0.25, 0.3) is 0 Å². The number of aliphatic hydroxyl groups excluding tert-OH is 1. The van der Waals surface area contributed by atoms with Crippen molar-refractivity contribution >= 4 is 0 Å². The molecule has 0 aliphatic rings. The minimum atomic E-state index is -4.53. The summed E-state index contributed by atoms with van der Waals surface area (Å²) in [4.78, 5) is 3.64. The van der Waals surface area contributed by atoms with Crippen molar-refractivity contribution in [3.05, 3.63) is 42.0 Å². The van der Waals surface area contributed by atoms with Crippen LogP contribution >= 0.6 is 0 Å². The number of para-hydroxylation sites is 1. The van der Waals surface area contributed by atoms with E-state index in [1.165, 1.54) is 29.2 Å². The van der Waals surface area contributed by atoms with Gasteiger partial charge in [0.2, 0.25) is 0 Å². The third kappa shape index (κ3) is 3.95. The quantitative estimate of drug-likeness (QED) is 0.906. The minimum Gasteiger partial charge on any atom is -0.490 e. The van der Waals surface area contributed by atoms with Crippen LogP contribution in [-0.4, -0.2) is 32.6 Å². The second-order valence-corrected chi connectivity index (χ2v) is 4.36. The number of nitriles is 1. The number of nitrogens with zero attached hydrogens (tertiary/aromatic N) is 4. The summed E-state index contributed by atoms with van der Waals surface area (Å²) in [6.45, 7) is -0.405. The van der Waals surface area contributed by atoms with Crippen LogP contribution in [0.5, 0.6) is 5.75 Å². The van der Waals surface area contributed by atoms with Gasteiger partial charge in [-0.2, -0.15) is 18.4 Å².